The fourth-order valence-electron chi connectivity index (χ4n) is 1.34. The highest BCUT2D eigenvalue weighted by Crippen LogP contribution is 2.11. The second kappa shape index (κ2) is 3.53. The maximum atomic E-state index is 11.3. The molecule has 0 unspecified atom stereocenters. The van der Waals surface area contributed by atoms with Gasteiger partial charge < -0.3 is 4.74 Å². The molecule has 0 bridgehead atoms. The third-order valence-electron chi connectivity index (χ3n) is 2.09. The first-order valence-electron chi connectivity index (χ1n) is 4.28. The van der Waals surface area contributed by atoms with Crippen molar-refractivity contribution in [3.05, 3.63) is 40.3 Å². The number of carbonyl (C=O) groups is 1. The molecule has 76 valence electrons. The zero-order valence-corrected chi connectivity index (χ0v) is 7.98. The van der Waals surface area contributed by atoms with E-state index in [1.807, 2.05) is 0 Å². The predicted molar refractivity (Wildman–Crippen MR) is 53.7 cm³/mol. The van der Waals surface area contributed by atoms with E-state index in [0.717, 1.165) is 0 Å². The molecule has 0 atom stereocenters. The molecule has 1 aromatic carbocycles. The van der Waals surface area contributed by atoms with Crippen LogP contribution < -0.4 is 5.56 Å². The number of carbonyl (C=O) groups excluding carboxylic acids is 1. The topological polar surface area (TPSA) is 72.1 Å². The molecule has 1 aromatic heterocycles. The first-order chi connectivity index (χ1) is 7.22. The molecule has 2 aromatic rings. The molecule has 0 saturated heterocycles. The molecule has 5 nitrogen and oxygen atoms in total. The summed E-state index contributed by atoms with van der Waals surface area (Å²) in [5.41, 5.74) is 0.126. The number of hydrogen-bond donors (Lipinski definition) is 1. The number of aromatic amines is 1. The van der Waals surface area contributed by atoms with E-state index < -0.39 is 5.97 Å². The van der Waals surface area contributed by atoms with Crippen LogP contribution in [-0.2, 0) is 4.74 Å². The van der Waals surface area contributed by atoms with Gasteiger partial charge >= 0.3 is 5.97 Å². The minimum atomic E-state index is -0.433. The molecule has 0 spiro atoms. The number of esters is 1. The SMILES string of the molecule is COC(=O)c1ccc2c(=O)[nH]ncc2c1. The summed E-state index contributed by atoms with van der Waals surface area (Å²) in [6.45, 7) is 0. The standard InChI is InChI=1S/C10H8N2O3/c1-15-10(14)6-2-3-8-7(4-6)5-11-12-9(8)13/h2-5H,1H3,(H,12,13). The summed E-state index contributed by atoms with van der Waals surface area (Å²) in [4.78, 5) is 22.5. The van der Waals surface area contributed by atoms with E-state index in [0.29, 0.717) is 16.3 Å². The second-order valence-electron chi connectivity index (χ2n) is 2.99. The average molecular weight is 204 g/mol. The summed E-state index contributed by atoms with van der Waals surface area (Å²) in [6, 6.07) is 4.69. The molecular weight excluding hydrogens is 196 g/mol. The molecule has 1 N–H and O–H groups in total. The Labute approximate surface area is 84.7 Å². The maximum absolute atomic E-state index is 11.3. The molecule has 0 fully saturated rings. The van der Waals surface area contributed by atoms with E-state index >= 15 is 0 Å². The van der Waals surface area contributed by atoms with Crippen LogP contribution in [0.1, 0.15) is 10.4 Å². The van der Waals surface area contributed by atoms with E-state index in [-0.39, 0.29) is 5.56 Å². The Morgan fingerprint density at radius 2 is 2.27 bits per heavy atom. The van der Waals surface area contributed by atoms with Crippen LogP contribution in [0.2, 0.25) is 0 Å². The van der Waals surface area contributed by atoms with Gasteiger partial charge in [0.05, 0.1) is 24.3 Å². The number of fused-ring (bicyclic) bond motifs is 1. The van der Waals surface area contributed by atoms with Gasteiger partial charge in [0.25, 0.3) is 5.56 Å². The highest BCUT2D eigenvalue weighted by molar-refractivity contribution is 5.94. The highest BCUT2D eigenvalue weighted by Gasteiger charge is 2.06. The molecule has 2 rings (SSSR count). The summed E-state index contributed by atoms with van der Waals surface area (Å²) >= 11 is 0. The smallest absolute Gasteiger partial charge is 0.337 e. The van der Waals surface area contributed by atoms with Crippen LogP contribution in [0.5, 0.6) is 0 Å². The maximum Gasteiger partial charge on any atom is 0.337 e. The molecule has 0 saturated carbocycles. The minimum absolute atomic E-state index is 0.274. The van der Waals surface area contributed by atoms with Gasteiger partial charge in [-0.2, -0.15) is 5.10 Å². The number of hydrogen-bond acceptors (Lipinski definition) is 4. The van der Waals surface area contributed by atoms with Crippen molar-refractivity contribution in [3.63, 3.8) is 0 Å². The lowest BCUT2D eigenvalue weighted by atomic mass is 10.1. The first kappa shape index (κ1) is 9.39. The second-order valence-corrected chi connectivity index (χ2v) is 2.99. The zero-order chi connectivity index (χ0) is 10.8. The number of methoxy groups -OCH3 is 1. The Morgan fingerprint density at radius 3 is 3.00 bits per heavy atom. The normalized spacial score (nSPS) is 10.2. The van der Waals surface area contributed by atoms with Crippen LogP contribution in [-0.4, -0.2) is 23.3 Å². The minimum Gasteiger partial charge on any atom is -0.465 e. The van der Waals surface area contributed by atoms with Gasteiger partial charge in [-0.1, -0.05) is 0 Å². The van der Waals surface area contributed by atoms with Crippen molar-refractivity contribution < 1.29 is 9.53 Å². The molecule has 0 aliphatic heterocycles. The first-order valence-corrected chi connectivity index (χ1v) is 4.28. The number of benzene rings is 1. The average Bonchev–Trinajstić information content (AvgIpc) is 2.28. The summed E-state index contributed by atoms with van der Waals surface area (Å²) in [5.74, 6) is -0.433. The van der Waals surface area contributed by atoms with Crippen LogP contribution in [0.3, 0.4) is 0 Å². The lowest BCUT2D eigenvalue weighted by molar-refractivity contribution is 0.0601. The Bertz CT molecular complexity index is 574. The molecule has 0 amide bonds. The van der Waals surface area contributed by atoms with Gasteiger partial charge in [0.2, 0.25) is 0 Å². The number of rotatable bonds is 1. The largest absolute Gasteiger partial charge is 0.465 e. The van der Waals surface area contributed by atoms with Crippen molar-refractivity contribution in [1.82, 2.24) is 10.2 Å². The van der Waals surface area contributed by atoms with Crippen molar-refractivity contribution in [1.29, 1.82) is 0 Å². The van der Waals surface area contributed by atoms with Crippen molar-refractivity contribution in [2.75, 3.05) is 7.11 Å². The van der Waals surface area contributed by atoms with Crippen molar-refractivity contribution in [3.8, 4) is 0 Å². The molecule has 0 aliphatic rings. The summed E-state index contributed by atoms with van der Waals surface area (Å²) < 4.78 is 4.57. The lowest BCUT2D eigenvalue weighted by Crippen LogP contribution is -2.08. The third kappa shape index (κ3) is 1.59. The summed E-state index contributed by atoms with van der Waals surface area (Å²) in [5, 5.41) is 7.07. The van der Waals surface area contributed by atoms with Gasteiger partial charge in [0, 0.05) is 5.39 Å². The predicted octanol–water partition coefficient (Wildman–Crippen LogP) is 0.710. The number of nitrogens with zero attached hydrogens (tertiary/aromatic N) is 1. The van der Waals surface area contributed by atoms with Crippen LogP contribution in [0.4, 0.5) is 0 Å². The van der Waals surface area contributed by atoms with E-state index in [9.17, 15) is 9.59 Å². The Balaban J connectivity index is 2.67. The molecule has 15 heavy (non-hydrogen) atoms. The van der Waals surface area contributed by atoms with Crippen LogP contribution in [0, 0.1) is 0 Å². The summed E-state index contributed by atoms with van der Waals surface area (Å²) in [7, 11) is 1.31. The Hall–Kier alpha value is -2.17. The quantitative estimate of drug-likeness (QED) is 0.694. The van der Waals surface area contributed by atoms with Gasteiger partial charge in [0.1, 0.15) is 0 Å². The van der Waals surface area contributed by atoms with Crippen molar-refractivity contribution in [2.45, 2.75) is 0 Å². The molecular formula is C10H8N2O3. The highest BCUT2D eigenvalue weighted by atomic mass is 16.5. The fraction of sp³-hybridized carbons (Fsp3) is 0.100. The van der Waals surface area contributed by atoms with E-state index in [4.69, 9.17) is 0 Å². The molecule has 1 heterocycles. The fourth-order valence-corrected chi connectivity index (χ4v) is 1.34. The zero-order valence-electron chi connectivity index (χ0n) is 7.98. The van der Waals surface area contributed by atoms with Gasteiger partial charge in [0.15, 0.2) is 0 Å². The van der Waals surface area contributed by atoms with Crippen LogP contribution in [0.15, 0.2) is 29.2 Å². The monoisotopic (exact) mass is 204 g/mol. The molecule has 0 aliphatic carbocycles. The lowest BCUT2D eigenvalue weighted by Gasteiger charge is -2.00. The van der Waals surface area contributed by atoms with Gasteiger partial charge in [-0.05, 0) is 18.2 Å². The number of H-pyrrole nitrogens is 1. The summed E-state index contributed by atoms with van der Waals surface area (Å²) in [6.07, 6.45) is 1.49. The number of ether oxygens (including phenoxy) is 1. The van der Waals surface area contributed by atoms with E-state index in [1.54, 1.807) is 18.2 Å². The van der Waals surface area contributed by atoms with Gasteiger partial charge in [-0.3, -0.25) is 4.79 Å². The number of nitrogens with one attached hydrogen (secondary N) is 1. The van der Waals surface area contributed by atoms with E-state index in [2.05, 4.69) is 14.9 Å². The van der Waals surface area contributed by atoms with Crippen LogP contribution in [0.25, 0.3) is 10.8 Å². The van der Waals surface area contributed by atoms with E-state index in [1.165, 1.54) is 13.3 Å². The van der Waals surface area contributed by atoms with Crippen molar-refractivity contribution in [2.24, 2.45) is 0 Å². The Kier molecular flexibility index (Phi) is 2.21. The van der Waals surface area contributed by atoms with Crippen LogP contribution >= 0.6 is 0 Å². The molecule has 5 heteroatoms. The Morgan fingerprint density at radius 1 is 1.47 bits per heavy atom. The van der Waals surface area contributed by atoms with Crippen molar-refractivity contribution >= 4 is 16.7 Å². The third-order valence-corrected chi connectivity index (χ3v) is 2.09. The van der Waals surface area contributed by atoms with Gasteiger partial charge in [-0.25, -0.2) is 9.89 Å². The number of aromatic nitrogens is 2. The molecule has 0 radical (unpaired) electrons. The van der Waals surface area contributed by atoms with Gasteiger partial charge in [-0.15, -0.1) is 0 Å².